The van der Waals surface area contributed by atoms with Crippen molar-refractivity contribution in [2.75, 3.05) is 26.9 Å². The van der Waals surface area contributed by atoms with E-state index >= 15 is 0 Å². The number of morpholine rings is 1. The maximum atomic E-state index is 5.44. The lowest BCUT2D eigenvalue weighted by atomic mass is 10.1. The van der Waals surface area contributed by atoms with Gasteiger partial charge in [0.25, 0.3) is 0 Å². The molecule has 3 nitrogen and oxygen atoms in total. The van der Waals surface area contributed by atoms with Crippen molar-refractivity contribution >= 4 is 15.9 Å². The fourth-order valence-electron chi connectivity index (χ4n) is 1.74. The van der Waals surface area contributed by atoms with E-state index in [9.17, 15) is 0 Å². The minimum absolute atomic E-state index is 0.238. The van der Waals surface area contributed by atoms with Gasteiger partial charge in [0.15, 0.2) is 0 Å². The molecule has 1 aromatic carbocycles. The lowest BCUT2D eigenvalue weighted by Gasteiger charge is -2.25. The van der Waals surface area contributed by atoms with Gasteiger partial charge < -0.3 is 14.8 Å². The molecule has 1 aliphatic rings. The van der Waals surface area contributed by atoms with E-state index in [1.54, 1.807) is 7.11 Å². The van der Waals surface area contributed by atoms with Gasteiger partial charge in [-0.1, -0.05) is 22.0 Å². The number of hydrogen-bond donors (Lipinski definition) is 1. The van der Waals surface area contributed by atoms with Crippen molar-refractivity contribution in [1.29, 1.82) is 0 Å². The highest BCUT2D eigenvalue weighted by molar-refractivity contribution is 9.10. The number of halogens is 1. The average molecular weight is 272 g/mol. The first-order chi connectivity index (χ1) is 7.31. The summed E-state index contributed by atoms with van der Waals surface area (Å²) in [6.45, 7) is 2.39. The van der Waals surface area contributed by atoms with Crippen molar-refractivity contribution in [2.24, 2.45) is 0 Å². The van der Waals surface area contributed by atoms with E-state index < -0.39 is 0 Å². The monoisotopic (exact) mass is 271 g/mol. The van der Waals surface area contributed by atoms with E-state index in [0.29, 0.717) is 6.61 Å². The van der Waals surface area contributed by atoms with E-state index in [1.165, 1.54) is 0 Å². The van der Waals surface area contributed by atoms with E-state index in [1.807, 2.05) is 12.1 Å². The summed E-state index contributed by atoms with van der Waals surface area (Å²) >= 11 is 3.43. The van der Waals surface area contributed by atoms with Crippen LogP contribution in [0.2, 0.25) is 0 Å². The minimum atomic E-state index is 0.238. The van der Waals surface area contributed by atoms with Crippen molar-refractivity contribution in [3.8, 4) is 5.75 Å². The predicted octanol–water partition coefficient (Wildman–Crippen LogP) is 2.12. The maximum absolute atomic E-state index is 5.44. The molecule has 15 heavy (non-hydrogen) atoms. The predicted molar refractivity (Wildman–Crippen MR) is 62.3 cm³/mol. The zero-order valence-electron chi connectivity index (χ0n) is 8.63. The molecule has 0 spiro atoms. The molecule has 1 aromatic rings. The molecule has 1 heterocycles. The largest absolute Gasteiger partial charge is 0.496 e. The van der Waals surface area contributed by atoms with Gasteiger partial charge in [-0.15, -0.1) is 0 Å². The molecule has 0 aromatic heterocycles. The summed E-state index contributed by atoms with van der Waals surface area (Å²) in [4.78, 5) is 0. The molecule has 82 valence electrons. The Morgan fingerprint density at radius 3 is 3.07 bits per heavy atom. The second-order valence-corrected chi connectivity index (χ2v) is 4.38. The molecule has 0 radical (unpaired) electrons. The number of benzene rings is 1. The van der Waals surface area contributed by atoms with Crippen LogP contribution in [0, 0.1) is 0 Å². The first kappa shape index (κ1) is 10.9. The van der Waals surface area contributed by atoms with Crippen LogP contribution in [0.15, 0.2) is 22.7 Å². The molecule has 0 bridgehead atoms. The van der Waals surface area contributed by atoms with Gasteiger partial charge in [-0.3, -0.25) is 0 Å². The Morgan fingerprint density at radius 1 is 1.53 bits per heavy atom. The second-order valence-electron chi connectivity index (χ2n) is 3.47. The Morgan fingerprint density at radius 2 is 2.40 bits per heavy atom. The van der Waals surface area contributed by atoms with Crippen LogP contribution >= 0.6 is 15.9 Å². The summed E-state index contributed by atoms with van der Waals surface area (Å²) in [5.41, 5.74) is 1.15. The van der Waals surface area contributed by atoms with Gasteiger partial charge in [-0.05, 0) is 12.1 Å². The normalized spacial score (nSPS) is 21.3. The van der Waals surface area contributed by atoms with Crippen LogP contribution in [-0.4, -0.2) is 26.9 Å². The van der Waals surface area contributed by atoms with Crippen LogP contribution in [0.3, 0.4) is 0 Å². The quantitative estimate of drug-likeness (QED) is 0.894. The molecule has 0 amide bonds. The highest BCUT2D eigenvalue weighted by Gasteiger charge is 2.18. The van der Waals surface area contributed by atoms with E-state index in [-0.39, 0.29) is 6.04 Å². The van der Waals surface area contributed by atoms with Crippen LogP contribution in [0.25, 0.3) is 0 Å². The molecule has 1 N–H and O–H groups in total. The van der Waals surface area contributed by atoms with Gasteiger partial charge >= 0.3 is 0 Å². The van der Waals surface area contributed by atoms with Crippen LogP contribution in [0.4, 0.5) is 0 Å². The van der Waals surface area contributed by atoms with Crippen molar-refractivity contribution in [3.63, 3.8) is 0 Å². The lowest BCUT2D eigenvalue weighted by molar-refractivity contribution is 0.0760. The Balaban J connectivity index is 2.25. The van der Waals surface area contributed by atoms with Gasteiger partial charge in [-0.25, -0.2) is 0 Å². The van der Waals surface area contributed by atoms with E-state index in [4.69, 9.17) is 9.47 Å². The third-order valence-electron chi connectivity index (χ3n) is 2.49. The molecule has 0 saturated carbocycles. The molecule has 0 aliphatic carbocycles. The number of rotatable bonds is 2. The standard InChI is InChI=1S/C11H14BrNO2/c1-14-11-6-8(12)2-3-9(11)10-7-15-5-4-13-10/h2-3,6,10,13H,4-5,7H2,1H3/t10-/m0/s1. The minimum Gasteiger partial charge on any atom is -0.496 e. The smallest absolute Gasteiger partial charge is 0.124 e. The summed E-state index contributed by atoms with van der Waals surface area (Å²) in [5, 5.41) is 3.41. The van der Waals surface area contributed by atoms with Crippen LogP contribution in [0.5, 0.6) is 5.75 Å². The Hall–Kier alpha value is -0.580. The van der Waals surface area contributed by atoms with E-state index in [0.717, 1.165) is 28.9 Å². The zero-order valence-corrected chi connectivity index (χ0v) is 10.2. The summed E-state index contributed by atoms with van der Waals surface area (Å²) in [7, 11) is 1.69. The summed E-state index contributed by atoms with van der Waals surface area (Å²) in [5.74, 6) is 0.896. The summed E-state index contributed by atoms with van der Waals surface area (Å²) < 4.78 is 11.8. The zero-order chi connectivity index (χ0) is 10.7. The number of nitrogens with one attached hydrogen (secondary N) is 1. The third-order valence-corrected chi connectivity index (χ3v) is 2.99. The molecule has 1 saturated heterocycles. The van der Waals surface area contributed by atoms with Crippen molar-refractivity contribution < 1.29 is 9.47 Å². The van der Waals surface area contributed by atoms with Crippen LogP contribution in [0.1, 0.15) is 11.6 Å². The molecule has 1 aliphatic heterocycles. The van der Waals surface area contributed by atoms with E-state index in [2.05, 4.69) is 27.3 Å². The van der Waals surface area contributed by atoms with Crippen molar-refractivity contribution in [3.05, 3.63) is 28.2 Å². The Kier molecular flexibility index (Phi) is 3.61. The van der Waals surface area contributed by atoms with Gasteiger partial charge in [0.05, 0.1) is 26.4 Å². The summed E-state index contributed by atoms with van der Waals surface area (Å²) in [6, 6.07) is 6.30. The second kappa shape index (κ2) is 4.96. The number of methoxy groups -OCH3 is 1. The van der Waals surface area contributed by atoms with Crippen LogP contribution < -0.4 is 10.1 Å². The fourth-order valence-corrected chi connectivity index (χ4v) is 2.08. The third kappa shape index (κ3) is 2.51. The van der Waals surface area contributed by atoms with Gasteiger partial charge in [0.1, 0.15) is 5.75 Å². The first-order valence-corrected chi connectivity index (χ1v) is 5.75. The first-order valence-electron chi connectivity index (χ1n) is 4.96. The lowest BCUT2D eigenvalue weighted by Crippen LogP contribution is -2.34. The maximum Gasteiger partial charge on any atom is 0.124 e. The molecule has 2 rings (SSSR count). The fraction of sp³-hybridized carbons (Fsp3) is 0.455. The molecule has 1 atom stereocenters. The molecular weight excluding hydrogens is 258 g/mol. The van der Waals surface area contributed by atoms with Gasteiger partial charge in [-0.2, -0.15) is 0 Å². The van der Waals surface area contributed by atoms with Crippen molar-refractivity contribution in [1.82, 2.24) is 5.32 Å². The van der Waals surface area contributed by atoms with Gasteiger partial charge in [0.2, 0.25) is 0 Å². The SMILES string of the molecule is COc1cc(Br)ccc1[C@@H]1COCCN1. The number of ether oxygens (including phenoxy) is 2. The molecule has 0 unspecified atom stereocenters. The Labute approximate surface area is 97.9 Å². The molecule has 4 heteroatoms. The molecule has 1 fully saturated rings. The Bertz CT molecular complexity index is 337. The van der Waals surface area contributed by atoms with Gasteiger partial charge in [0, 0.05) is 16.6 Å². The topological polar surface area (TPSA) is 30.5 Å². The number of hydrogen-bond acceptors (Lipinski definition) is 3. The molecular formula is C11H14BrNO2. The summed E-state index contributed by atoms with van der Waals surface area (Å²) in [6.07, 6.45) is 0. The van der Waals surface area contributed by atoms with Crippen molar-refractivity contribution in [2.45, 2.75) is 6.04 Å². The highest BCUT2D eigenvalue weighted by atomic mass is 79.9. The average Bonchev–Trinajstić information content (AvgIpc) is 2.30. The highest BCUT2D eigenvalue weighted by Crippen LogP contribution is 2.29. The van der Waals surface area contributed by atoms with Crippen LogP contribution in [-0.2, 0) is 4.74 Å².